The number of carbonyl (C=O) groups is 1. The topological polar surface area (TPSA) is 266 Å². The number of fused-ring (bicyclic) bond motifs is 3. The minimum atomic E-state index is -1.85. The molecule has 2 bridgehead atoms. The van der Waals surface area contributed by atoms with Gasteiger partial charge >= 0.3 is 5.97 Å². The Morgan fingerprint density at radius 1 is 0.741 bits per heavy atom. The molecule has 308 valence electrons. The van der Waals surface area contributed by atoms with Crippen LogP contribution in [0.2, 0.25) is 0 Å². The third kappa shape index (κ3) is 6.05. The molecule has 7 rings (SSSR count). The second kappa shape index (κ2) is 14.5. The van der Waals surface area contributed by atoms with Gasteiger partial charge in [-0.05, 0) is 87.9 Å². The van der Waals surface area contributed by atoms with E-state index >= 15 is 0 Å². The molecular weight excluding hydrogens is 712 g/mol. The first-order valence-corrected chi connectivity index (χ1v) is 19.6. The third-order valence-electron chi connectivity index (χ3n) is 15.4. The van der Waals surface area contributed by atoms with Crippen LogP contribution in [-0.2, 0) is 28.5 Å². The predicted octanol–water partition coefficient (Wildman–Crippen LogP) is -1.07. The second-order valence-corrected chi connectivity index (χ2v) is 18.1. The normalized spacial score (nSPS) is 56.2. The van der Waals surface area contributed by atoms with Crippen LogP contribution in [0.1, 0.15) is 78.6 Å². The van der Waals surface area contributed by atoms with Crippen molar-refractivity contribution in [2.45, 2.75) is 170 Å². The van der Waals surface area contributed by atoms with Crippen LogP contribution in [0.25, 0.3) is 0 Å². The Hall–Kier alpha value is -1.35. The van der Waals surface area contributed by atoms with Gasteiger partial charge in [-0.25, -0.2) is 0 Å². The highest BCUT2D eigenvalue weighted by Crippen LogP contribution is 2.76. The highest BCUT2D eigenvalue weighted by Gasteiger charge is 2.71. The Morgan fingerprint density at radius 2 is 1.33 bits per heavy atom. The van der Waals surface area contributed by atoms with Crippen molar-refractivity contribution in [1.29, 1.82) is 0 Å². The molecule has 16 heteroatoms. The van der Waals surface area contributed by atoms with Gasteiger partial charge in [0.15, 0.2) is 12.6 Å². The van der Waals surface area contributed by atoms with Gasteiger partial charge in [-0.1, -0.05) is 25.5 Å². The van der Waals surface area contributed by atoms with Gasteiger partial charge in [-0.3, -0.25) is 4.79 Å². The Balaban J connectivity index is 1.27. The number of rotatable bonds is 8. The van der Waals surface area contributed by atoms with Gasteiger partial charge in [0.2, 0.25) is 0 Å². The Labute approximate surface area is 314 Å². The number of hydrogen-bond acceptors (Lipinski definition) is 15. The van der Waals surface area contributed by atoms with Gasteiger partial charge in [0.1, 0.15) is 67.1 Å². The molecular formula is C38H60O16. The highest BCUT2D eigenvalue weighted by atomic mass is 16.7. The van der Waals surface area contributed by atoms with Crippen LogP contribution >= 0.6 is 0 Å². The number of aliphatic carboxylic acids is 1. The molecule has 0 aromatic heterocycles. The van der Waals surface area contributed by atoms with Gasteiger partial charge in [0.25, 0.3) is 0 Å². The summed E-state index contributed by atoms with van der Waals surface area (Å²) >= 11 is 0. The first kappa shape index (κ1) is 40.8. The molecule has 16 nitrogen and oxygen atoms in total. The van der Waals surface area contributed by atoms with Crippen molar-refractivity contribution in [3.8, 4) is 0 Å². The summed E-state index contributed by atoms with van der Waals surface area (Å²) in [6, 6.07) is 0. The van der Waals surface area contributed by atoms with E-state index in [9.17, 15) is 55.9 Å². The average Bonchev–Trinajstić information content (AvgIpc) is 3.34. The maximum atomic E-state index is 12.7. The Bertz CT molecular complexity index is 1410. The van der Waals surface area contributed by atoms with Crippen LogP contribution in [0, 0.1) is 33.5 Å². The summed E-state index contributed by atoms with van der Waals surface area (Å²) < 4.78 is 30.9. The van der Waals surface area contributed by atoms with Crippen LogP contribution in [-0.4, -0.2) is 162 Å². The van der Waals surface area contributed by atoms with Crippen molar-refractivity contribution >= 4 is 5.97 Å². The van der Waals surface area contributed by atoms with Crippen LogP contribution in [0.5, 0.6) is 0 Å². The SMILES string of the molecule is C=C1C[C@@]23CC[C@H]4[C@@](C)(CCC[C@@]4(C)C(=O)O)[C@@H]2CC[C@]1(C1OC(CO)C(O)C(OC2OC(CO)C(O)C(O)C2O)C1OC1OC(C)C(O)C(O)C1O)C3. The van der Waals surface area contributed by atoms with Crippen LogP contribution in [0.3, 0.4) is 0 Å². The molecule has 0 aromatic carbocycles. The lowest BCUT2D eigenvalue weighted by molar-refractivity contribution is -0.376. The number of hydrogen-bond donors (Lipinski definition) is 10. The van der Waals surface area contributed by atoms with Crippen molar-refractivity contribution in [2.24, 2.45) is 33.5 Å². The molecule has 7 fully saturated rings. The zero-order valence-corrected chi connectivity index (χ0v) is 31.2. The molecule has 3 heterocycles. The fourth-order valence-electron chi connectivity index (χ4n) is 12.6. The fraction of sp³-hybridized carbons (Fsp3) is 0.921. The minimum Gasteiger partial charge on any atom is -0.481 e. The van der Waals surface area contributed by atoms with Gasteiger partial charge in [0.05, 0.1) is 30.8 Å². The molecule has 3 aliphatic heterocycles. The zero-order chi connectivity index (χ0) is 39.3. The van der Waals surface area contributed by atoms with E-state index in [2.05, 4.69) is 13.5 Å². The lowest BCUT2D eigenvalue weighted by atomic mass is 9.40. The quantitative estimate of drug-likeness (QED) is 0.132. The molecule has 54 heavy (non-hydrogen) atoms. The number of carboxylic acid groups (broad SMARTS) is 1. The van der Waals surface area contributed by atoms with E-state index in [1.54, 1.807) is 0 Å². The van der Waals surface area contributed by atoms with Crippen molar-refractivity contribution in [3.05, 3.63) is 12.2 Å². The molecule has 0 amide bonds. The zero-order valence-electron chi connectivity index (χ0n) is 31.2. The van der Waals surface area contributed by atoms with Gasteiger partial charge in [-0.15, -0.1) is 0 Å². The van der Waals surface area contributed by atoms with Crippen LogP contribution in [0.4, 0.5) is 0 Å². The van der Waals surface area contributed by atoms with Crippen molar-refractivity contribution < 1.29 is 79.5 Å². The van der Waals surface area contributed by atoms with Crippen molar-refractivity contribution in [1.82, 2.24) is 0 Å². The minimum absolute atomic E-state index is 0.00538. The van der Waals surface area contributed by atoms with Crippen molar-refractivity contribution in [3.63, 3.8) is 0 Å². The molecule has 1 spiro atoms. The largest absolute Gasteiger partial charge is 0.481 e. The van der Waals surface area contributed by atoms with Crippen molar-refractivity contribution in [2.75, 3.05) is 13.2 Å². The first-order valence-electron chi connectivity index (χ1n) is 19.6. The van der Waals surface area contributed by atoms with E-state index in [-0.39, 0.29) is 22.7 Å². The molecule has 10 N–H and O–H groups in total. The van der Waals surface area contributed by atoms with Gasteiger partial charge in [0, 0.05) is 5.41 Å². The Morgan fingerprint density at radius 3 is 1.98 bits per heavy atom. The maximum Gasteiger partial charge on any atom is 0.309 e. The molecule has 0 aromatic rings. The monoisotopic (exact) mass is 772 g/mol. The number of aliphatic hydroxyl groups excluding tert-OH is 9. The molecule has 7 aliphatic rings. The van der Waals surface area contributed by atoms with E-state index in [0.29, 0.717) is 32.1 Å². The van der Waals surface area contributed by atoms with E-state index in [0.717, 1.165) is 31.3 Å². The molecule has 4 aliphatic carbocycles. The summed E-state index contributed by atoms with van der Waals surface area (Å²) in [6.45, 7) is 8.85. The third-order valence-corrected chi connectivity index (χ3v) is 15.4. The standard InChI is InChI=1S/C38H60O16/c1-16-12-37-10-6-20-35(3,8-5-9-36(20,4)34(48)49)21(37)7-11-38(16,15-37)31-30(54-32-27(46)25(44)22(41)17(2)50-32)29(24(43)19(14-40)51-31)53-33-28(47)26(45)23(42)18(13-39)52-33/h17-33,39-47H,1,5-15H2,2-4H3,(H,48,49)/t17?,18?,19?,20-,21-,22?,23?,24?,25?,26?,27?,28?,29?,30?,31?,32?,33?,35+,36+,37+,38-/m0/s1. The summed E-state index contributed by atoms with van der Waals surface area (Å²) in [5, 5.41) is 107. The van der Waals surface area contributed by atoms with E-state index in [1.807, 2.05) is 6.92 Å². The summed E-state index contributed by atoms with van der Waals surface area (Å²) in [5.74, 6) is -0.585. The van der Waals surface area contributed by atoms with E-state index in [4.69, 9.17) is 23.7 Å². The van der Waals surface area contributed by atoms with Gasteiger partial charge < -0.3 is 74.7 Å². The van der Waals surface area contributed by atoms with Crippen LogP contribution in [0.15, 0.2) is 12.2 Å². The summed E-state index contributed by atoms with van der Waals surface area (Å²) in [7, 11) is 0. The number of carboxylic acids is 1. The Kier molecular flexibility index (Phi) is 11.0. The van der Waals surface area contributed by atoms with Crippen LogP contribution < -0.4 is 0 Å². The van der Waals surface area contributed by atoms with E-state index in [1.165, 1.54) is 6.92 Å². The number of ether oxygens (including phenoxy) is 5. The second-order valence-electron chi connectivity index (χ2n) is 18.1. The van der Waals surface area contributed by atoms with E-state index < -0.39 is 122 Å². The summed E-state index contributed by atoms with van der Waals surface area (Å²) in [5.41, 5.74) is -1.33. The molecule has 21 atom stereocenters. The molecule has 4 saturated carbocycles. The average molecular weight is 773 g/mol. The number of aliphatic hydroxyl groups is 9. The molecule has 15 unspecified atom stereocenters. The first-order chi connectivity index (χ1) is 25.4. The highest BCUT2D eigenvalue weighted by molar-refractivity contribution is 5.75. The predicted molar refractivity (Wildman–Crippen MR) is 184 cm³/mol. The summed E-state index contributed by atoms with van der Waals surface area (Å²) in [6.07, 6.45) is -16.3. The lowest BCUT2D eigenvalue weighted by Gasteiger charge is -2.64. The molecule has 0 radical (unpaired) electrons. The smallest absolute Gasteiger partial charge is 0.309 e. The van der Waals surface area contributed by atoms with Gasteiger partial charge in [-0.2, -0.15) is 0 Å². The fourth-order valence-corrected chi connectivity index (χ4v) is 12.6. The molecule has 3 saturated heterocycles. The lowest BCUT2D eigenvalue weighted by Crippen LogP contribution is -2.69. The maximum absolute atomic E-state index is 12.7. The summed E-state index contributed by atoms with van der Waals surface area (Å²) in [4.78, 5) is 12.7.